The molecule has 1 aromatic carbocycles. The Morgan fingerprint density at radius 1 is 1.17 bits per heavy atom. The summed E-state index contributed by atoms with van der Waals surface area (Å²) in [5.41, 5.74) is 1.34. The first-order chi connectivity index (χ1) is 8.74. The van der Waals surface area contributed by atoms with Crippen molar-refractivity contribution in [2.45, 2.75) is 46.0 Å². The van der Waals surface area contributed by atoms with Crippen molar-refractivity contribution < 1.29 is 4.74 Å². The molecule has 1 N–H and O–H groups in total. The van der Waals surface area contributed by atoms with E-state index in [9.17, 15) is 0 Å². The van der Waals surface area contributed by atoms with E-state index in [-0.39, 0.29) is 0 Å². The molecule has 102 valence electrons. The first kappa shape index (κ1) is 15.0. The number of hydrogen-bond donors (Lipinski definition) is 1. The SMILES string of the molecule is CCCCNCCCOc1cccc(C(C)C)c1. The highest BCUT2D eigenvalue weighted by molar-refractivity contribution is 5.30. The van der Waals surface area contributed by atoms with Crippen molar-refractivity contribution in [3.05, 3.63) is 29.8 Å². The molecular formula is C16H27NO. The van der Waals surface area contributed by atoms with Crippen LogP contribution >= 0.6 is 0 Å². The lowest BCUT2D eigenvalue weighted by Gasteiger charge is -2.10. The second-order valence-corrected chi connectivity index (χ2v) is 5.03. The van der Waals surface area contributed by atoms with Gasteiger partial charge in [0.2, 0.25) is 0 Å². The second kappa shape index (κ2) is 8.98. The third-order valence-electron chi connectivity index (χ3n) is 3.00. The molecule has 0 spiro atoms. The van der Waals surface area contributed by atoms with Gasteiger partial charge in [-0.1, -0.05) is 39.3 Å². The van der Waals surface area contributed by atoms with Crippen molar-refractivity contribution in [3.63, 3.8) is 0 Å². The van der Waals surface area contributed by atoms with E-state index in [2.05, 4.69) is 44.3 Å². The highest BCUT2D eigenvalue weighted by Crippen LogP contribution is 2.20. The molecule has 1 aromatic rings. The largest absolute Gasteiger partial charge is 0.494 e. The predicted octanol–water partition coefficient (Wildman–Crippen LogP) is 3.97. The normalized spacial score (nSPS) is 10.9. The smallest absolute Gasteiger partial charge is 0.119 e. The molecular weight excluding hydrogens is 222 g/mol. The molecule has 0 aromatic heterocycles. The van der Waals surface area contributed by atoms with E-state index in [1.54, 1.807) is 0 Å². The summed E-state index contributed by atoms with van der Waals surface area (Å²) in [6.07, 6.45) is 3.58. The van der Waals surface area contributed by atoms with Gasteiger partial charge >= 0.3 is 0 Å². The Morgan fingerprint density at radius 3 is 2.67 bits per heavy atom. The van der Waals surface area contributed by atoms with Crippen LogP contribution in [0.4, 0.5) is 0 Å². The summed E-state index contributed by atoms with van der Waals surface area (Å²) in [5, 5.41) is 3.42. The molecule has 0 aliphatic carbocycles. The molecule has 18 heavy (non-hydrogen) atoms. The maximum absolute atomic E-state index is 5.76. The molecule has 0 unspecified atom stereocenters. The Balaban J connectivity index is 2.17. The Hall–Kier alpha value is -1.02. The second-order valence-electron chi connectivity index (χ2n) is 5.03. The molecule has 2 heteroatoms. The van der Waals surface area contributed by atoms with Gasteiger partial charge in [-0.25, -0.2) is 0 Å². The molecule has 0 heterocycles. The lowest BCUT2D eigenvalue weighted by molar-refractivity contribution is 0.307. The topological polar surface area (TPSA) is 21.3 Å². The molecule has 0 saturated carbocycles. The van der Waals surface area contributed by atoms with Crippen LogP contribution in [0, 0.1) is 0 Å². The fourth-order valence-corrected chi connectivity index (χ4v) is 1.78. The van der Waals surface area contributed by atoms with E-state index < -0.39 is 0 Å². The maximum Gasteiger partial charge on any atom is 0.119 e. The monoisotopic (exact) mass is 249 g/mol. The van der Waals surface area contributed by atoms with Gasteiger partial charge in [-0.15, -0.1) is 0 Å². The lowest BCUT2D eigenvalue weighted by Crippen LogP contribution is -2.18. The van der Waals surface area contributed by atoms with Gasteiger partial charge in [0.1, 0.15) is 5.75 Å². The van der Waals surface area contributed by atoms with Crippen LogP contribution in [0.25, 0.3) is 0 Å². The van der Waals surface area contributed by atoms with Crippen LogP contribution in [0.1, 0.15) is 51.5 Å². The van der Waals surface area contributed by atoms with E-state index in [0.29, 0.717) is 5.92 Å². The number of unbranched alkanes of at least 4 members (excludes halogenated alkanes) is 1. The minimum Gasteiger partial charge on any atom is -0.494 e. The van der Waals surface area contributed by atoms with Gasteiger partial charge in [0.25, 0.3) is 0 Å². The zero-order valence-electron chi connectivity index (χ0n) is 12.0. The molecule has 0 fully saturated rings. The Bertz CT molecular complexity index is 323. The quantitative estimate of drug-likeness (QED) is 0.669. The minimum absolute atomic E-state index is 0.560. The molecule has 1 rings (SSSR count). The van der Waals surface area contributed by atoms with Gasteiger partial charge in [-0.3, -0.25) is 0 Å². The Kier molecular flexibility index (Phi) is 7.51. The van der Waals surface area contributed by atoms with Crippen LogP contribution < -0.4 is 10.1 Å². The standard InChI is InChI=1S/C16H27NO/c1-4-5-10-17-11-7-12-18-16-9-6-8-15(13-16)14(2)3/h6,8-9,13-14,17H,4-5,7,10-12H2,1-3H3. The minimum atomic E-state index is 0.560. The summed E-state index contributed by atoms with van der Waals surface area (Å²) in [7, 11) is 0. The molecule has 0 saturated heterocycles. The van der Waals surface area contributed by atoms with Crippen LogP contribution in [-0.2, 0) is 0 Å². The summed E-state index contributed by atoms with van der Waals surface area (Å²) < 4.78 is 5.76. The van der Waals surface area contributed by atoms with Crippen molar-refractivity contribution in [2.24, 2.45) is 0 Å². The predicted molar refractivity (Wildman–Crippen MR) is 78.4 cm³/mol. The van der Waals surface area contributed by atoms with Crippen LogP contribution in [0.15, 0.2) is 24.3 Å². The molecule has 0 atom stereocenters. The van der Waals surface area contributed by atoms with Gasteiger partial charge in [-0.2, -0.15) is 0 Å². The van der Waals surface area contributed by atoms with E-state index in [1.807, 2.05) is 6.07 Å². The van der Waals surface area contributed by atoms with Gasteiger partial charge < -0.3 is 10.1 Å². The van der Waals surface area contributed by atoms with Crippen molar-refractivity contribution in [1.82, 2.24) is 5.32 Å². The Labute approximate surface area is 112 Å². The molecule has 0 bridgehead atoms. The number of benzene rings is 1. The molecule has 0 radical (unpaired) electrons. The van der Waals surface area contributed by atoms with Crippen molar-refractivity contribution in [3.8, 4) is 5.75 Å². The van der Waals surface area contributed by atoms with Crippen molar-refractivity contribution in [1.29, 1.82) is 0 Å². The fraction of sp³-hybridized carbons (Fsp3) is 0.625. The maximum atomic E-state index is 5.76. The lowest BCUT2D eigenvalue weighted by atomic mass is 10.0. The molecule has 0 aliphatic heterocycles. The first-order valence-electron chi connectivity index (χ1n) is 7.17. The Morgan fingerprint density at radius 2 is 1.94 bits per heavy atom. The third-order valence-corrected chi connectivity index (χ3v) is 3.00. The number of hydrogen-bond acceptors (Lipinski definition) is 2. The number of rotatable bonds is 9. The van der Waals surface area contributed by atoms with Gasteiger partial charge in [0.15, 0.2) is 0 Å². The average molecular weight is 249 g/mol. The zero-order chi connectivity index (χ0) is 13.2. The molecule has 0 aliphatic rings. The summed E-state index contributed by atoms with van der Waals surface area (Å²) in [6.45, 7) is 9.59. The third kappa shape index (κ3) is 6.06. The van der Waals surface area contributed by atoms with Crippen LogP contribution in [0.2, 0.25) is 0 Å². The van der Waals surface area contributed by atoms with Crippen LogP contribution in [0.5, 0.6) is 5.75 Å². The van der Waals surface area contributed by atoms with Gasteiger partial charge in [0.05, 0.1) is 6.61 Å². The summed E-state index contributed by atoms with van der Waals surface area (Å²) >= 11 is 0. The molecule has 2 nitrogen and oxygen atoms in total. The van der Waals surface area contributed by atoms with Crippen molar-refractivity contribution in [2.75, 3.05) is 19.7 Å². The van der Waals surface area contributed by atoms with Gasteiger partial charge in [0, 0.05) is 0 Å². The van der Waals surface area contributed by atoms with Crippen LogP contribution in [0.3, 0.4) is 0 Å². The summed E-state index contributed by atoms with van der Waals surface area (Å²) in [5.74, 6) is 1.55. The fourth-order valence-electron chi connectivity index (χ4n) is 1.78. The zero-order valence-corrected chi connectivity index (χ0v) is 12.0. The number of nitrogens with one attached hydrogen (secondary N) is 1. The average Bonchev–Trinajstić information content (AvgIpc) is 2.38. The summed E-state index contributed by atoms with van der Waals surface area (Å²) in [4.78, 5) is 0. The highest BCUT2D eigenvalue weighted by atomic mass is 16.5. The van der Waals surface area contributed by atoms with E-state index in [0.717, 1.165) is 31.9 Å². The summed E-state index contributed by atoms with van der Waals surface area (Å²) in [6, 6.07) is 8.42. The van der Waals surface area contributed by atoms with Gasteiger partial charge in [-0.05, 0) is 49.5 Å². The molecule has 0 amide bonds. The van der Waals surface area contributed by atoms with Crippen LogP contribution in [-0.4, -0.2) is 19.7 Å². The van der Waals surface area contributed by atoms with E-state index in [1.165, 1.54) is 18.4 Å². The van der Waals surface area contributed by atoms with E-state index >= 15 is 0 Å². The highest BCUT2D eigenvalue weighted by Gasteiger charge is 2.00. The first-order valence-corrected chi connectivity index (χ1v) is 7.17. The van der Waals surface area contributed by atoms with Crippen molar-refractivity contribution >= 4 is 0 Å². The van der Waals surface area contributed by atoms with E-state index in [4.69, 9.17) is 4.74 Å². The number of ether oxygens (including phenoxy) is 1.